The van der Waals surface area contributed by atoms with Crippen molar-refractivity contribution in [3.8, 4) is 22.6 Å². The number of aromatic nitrogens is 6. The number of tetrazole rings is 1. The minimum absolute atomic E-state index is 0.258. The first-order chi connectivity index (χ1) is 16.1. The molecule has 5 rings (SSSR count). The number of nitrogens with zero attached hydrogens (tertiary/aromatic N) is 6. The maximum atomic E-state index is 13.5. The molecule has 0 fully saturated rings. The summed E-state index contributed by atoms with van der Waals surface area (Å²) in [4.78, 5) is 7.02. The summed E-state index contributed by atoms with van der Waals surface area (Å²) in [5, 5.41) is 13.5. The quantitative estimate of drug-likeness (QED) is 0.285. The van der Waals surface area contributed by atoms with Crippen LogP contribution in [-0.2, 0) is 17.1 Å². The Balaban J connectivity index is 1.69. The predicted molar refractivity (Wildman–Crippen MR) is 136 cm³/mol. The summed E-state index contributed by atoms with van der Waals surface area (Å²) in [6.07, 6.45) is 3.57. The van der Waals surface area contributed by atoms with E-state index in [1.54, 1.807) is 24.4 Å². The van der Waals surface area contributed by atoms with Crippen molar-refractivity contribution in [2.75, 3.05) is 0 Å². The van der Waals surface area contributed by atoms with Crippen LogP contribution < -0.4 is 0 Å². The molecule has 2 aromatic carbocycles. The van der Waals surface area contributed by atoms with E-state index in [2.05, 4.69) is 36.4 Å². The molecule has 0 spiro atoms. The van der Waals surface area contributed by atoms with Crippen molar-refractivity contribution in [3.63, 3.8) is 0 Å². The molecule has 10 heteroatoms. The molecule has 0 aliphatic carbocycles. The molecule has 8 nitrogen and oxygen atoms in total. The molecule has 0 aliphatic heterocycles. The van der Waals surface area contributed by atoms with Crippen LogP contribution in [0.3, 0.4) is 0 Å². The molecule has 3 heterocycles. The van der Waals surface area contributed by atoms with Gasteiger partial charge in [0.25, 0.3) is 0 Å². The summed E-state index contributed by atoms with van der Waals surface area (Å²) < 4.78 is 32.3. The van der Waals surface area contributed by atoms with Gasteiger partial charge in [0.15, 0.2) is 0 Å². The van der Waals surface area contributed by atoms with Crippen LogP contribution in [0.1, 0.15) is 5.56 Å². The Hall–Kier alpha value is -2.92. The first kappa shape index (κ1) is 22.9. The van der Waals surface area contributed by atoms with E-state index >= 15 is 0 Å². The van der Waals surface area contributed by atoms with Gasteiger partial charge in [0.05, 0.1) is 0 Å². The number of benzene rings is 2. The summed E-state index contributed by atoms with van der Waals surface area (Å²) >= 11 is -2.61. The van der Waals surface area contributed by atoms with E-state index < -0.39 is 28.7 Å². The standard InChI is InChI=1S/C21H17N6O2S.3CH3.Sn/c1-14-5-8-16(9-6-14)30(28,29)27-11-3-4-20(27)18-13-26(2)19-10-7-15(12-17(18)19)21-22-24-25-23-21;;;;/h3-13H,1-2H3;3*1H3;/q-1;;;;+1. The molecule has 174 valence electrons. The Morgan fingerprint density at radius 3 is 2.41 bits per heavy atom. The third-order valence-corrected chi connectivity index (χ3v) is 12.1. The van der Waals surface area contributed by atoms with Crippen molar-refractivity contribution in [3.05, 3.63) is 72.6 Å². The van der Waals surface area contributed by atoms with E-state index in [-0.39, 0.29) is 4.90 Å². The van der Waals surface area contributed by atoms with Gasteiger partial charge in [-0.1, -0.05) is 5.56 Å². The van der Waals surface area contributed by atoms with Crippen LogP contribution in [0.15, 0.2) is 71.9 Å². The first-order valence-corrected chi connectivity index (χ1v) is 22.2. The van der Waals surface area contributed by atoms with E-state index in [1.807, 2.05) is 58.0 Å². The summed E-state index contributed by atoms with van der Waals surface area (Å²) in [5.74, 6) is 0.752. The van der Waals surface area contributed by atoms with E-state index in [9.17, 15) is 8.42 Å². The van der Waals surface area contributed by atoms with Gasteiger partial charge in [-0.3, -0.25) is 0 Å². The maximum absolute atomic E-state index is 13.5. The molecular formula is C24H26N6O2SSn. The Morgan fingerprint density at radius 2 is 1.71 bits per heavy atom. The van der Waals surface area contributed by atoms with Gasteiger partial charge >= 0.3 is 191 Å². The third kappa shape index (κ3) is 3.76. The van der Waals surface area contributed by atoms with Crippen LogP contribution in [0.4, 0.5) is 0 Å². The zero-order valence-corrected chi connectivity index (χ0v) is 23.4. The summed E-state index contributed by atoms with van der Waals surface area (Å²) in [6, 6.07) is 16.6. The molecule has 0 saturated carbocycles. The molecule has 0 bridgehead atoms. The van der Waals surface area contributed by atoms with Crippen LogP contribution in [-0.4, -0.2) is 54.0 Å². The van der Waals surface area contributed by atoms with Crippen molar-refractivity contribution < 1.29 is 8.42 Å². The molecule has 0 atom stereocenters. The molecule has 0 N–H and O–H groups in total. The summed E-state index contributed by atoms with van der Waals surface area (Å²) in [7, 11) is -1.79. The van der Waals surface area contributed by atoms with Crippen LogP contribution in [0, 0.1) is 6.92 Å². The Morgan fingerprint density at radius 1 is 0.971 bits per heavy atom. The van der Waals surface area contributed by atoms with Crippen LogP contribution in [0.2, 0.25) is 14.8 Å². The second-order valence-corrected chi connectivity index (χ2v) is 24.9. The minimum atomic E-state index is -3.75. The van der Waals surface area contributed by atoms with Crippen molar-refractivity contribution in [2.24, 2.45) is 7.05 Å². The molecule has 0 amide bonds. The predicted octanol–water partition coefficient (Wildman–Crippen LogP) is 4.53. The fraction of sp³-hybridized carbons (Fsp3) is 0.208. The van der Waals surface area contributed by atoms with Gasteiger partial charge in [0.2, 0.25) is 0 Å². The molecule has 3 aromatic heterocycles. The number of hydrogen-bond acceptors (Lipinski definition) is 5. The van der Waals surface area contributed by atoms with E-state index in [1.165, 1.54) is 3.97 Å². The molecule has 0 aliphatic rings. The van der Waals surface area contributed by atoms with E-state index in [0.717, 1.165) is 33.4 Å². The molecular weight excluding hydrogens is 555 g/mol. The monoisotopic (exact) mass is 582 g/mol. The third-order valence-electron chi connectivity index (χ3n) is 5.92. The van der Waals surface area contributed by atoms with Gasteiger partial charge in [-0.25, -0.2) is 0 Å². The van der Waals surface area contributed by atoms with Gasteiger partial charge in [-0.05, 0) is 6.92 Å². The van der Waals surface area contributed by atoms with E-state index in [0.29, 0.717) is 5.69 Å². The van der Waals surface area contributed by atoms with Crippen LogP contribution in [0.5, 0.6) is 0 Å². The normalized spacial score (nSPS) is 12.5. The number of fused-ring (bicyclic) bond motifs is 1. The fourth-order valence-corrected chi connectivity index (χ4v) is 8.71. The van der Waals surface area contributed by atoms with Crippen molar-refractivity contribution >= 4 is 39.6 Å². The summed E-state index contributed by atoms with van der Waals surface area (Å²) in [6.45, 7) is 1.94. The average molecular weight is 581 g/mol. The topological polar surface area (TPSA) is 87.6 Å². The Kier molecular flexibility index (Phi) is 5.44. The average Bonchev–Trinajstić information content (AvgIpc) is 3.52. The van der Waals surface area contributed by atoms with Crippen LogP contribution >= 0.6 is 0 Å². The molecule has 0 saturated heterocycles. The number of aryl methyl sites for hydroxylation is 2. The van der Waals surface area contributed by atoms with Crippen LogP contribution in [0.25, 0.3) is 33.5 Å². The Labute approximate surface area is 203 Å². The van der Waals surface area contributed by atoms with Crippen molar-refractivity contribution in [2.45, 2.75) is 26.6 Å². The molecule has 34 heavy (non-hydrogen) atoms. The van der Waals surface area contributed by atoms with Gasteiger partial charge in [-0.2, -0.15) is 0 Å². The molecule has 0 unspecified atom stereocenters. The zero-order valence-electron chi connectivity index (χ0n) is 19.8. The fourth-order valence-electron chi connectivity index (χ4n) is 4.16. The SMILES string of the molecule is Cc1ccc(S(=O)(=O)n2cccc2-c2cn(C)c3ccc(-c4nnn[n]4[Sn]([CH3])([CH3])[CH3])cc23)cc1. The number of hydrogen-bond donors (Lipinski definition) is 0. The van der Waals surface area contributed by atoms with Gasteiger partial charge in [0, 0.05) is 0 Å². The zero-order chi connectivity index (χ0) is 24.3. The van der Waals surface area contributed by atoms with Gasteiger partial charge in [-0.15, -0.1) is 0 Å². The van der Waals surface area contributed by atoms with E-state index in [4.69, 9.17) is 0 Å². The van der Waals surface area contributed by atoms with Crippen molar-refractivity contribution in [1.82, 2.24) is 27.0 Å². The first-order valence-electron chi connectivity index (χ1n) is 11.0. The number of rotatable bonds is 5. The van der Waals surface area contributed by atoms with Crippen molar-refractivity contribution in [1.29, 1.82) is 0 Å². The summed E-state index contributed by atoms with van der Waals surface area (Å²) in [5.41, 5.74) is 4.36. The second kappa shape index (κ2) is 8.09. The second-order valence-electron chi connectivity index (χ2n) is 9.48. The van der Waals surface area contributed by atoms with Gasteiger partial charge < -0.3 is 0 Å². The molecule has 0 radical (unpaired) electrons. The van der Waals surface area contributed by atoms with Gasteiger partial charge in [0.1, 0.15) is 0 Å². The Bertz CT molecular complexity index is 1620. The molecule has 5 aromatic rings.